The van der Waals surface area contributed by atoms with E-state index in [1.807, 2.05) is 25.1 Å². The van der Waals surface area contributed by atoms with Gasteiger partial charge in [-0.3, -0.25) is 4.79 Å². The van der Waals surface area contributed by atoms with E-state index >= 15 is 0 Å². The Morgan fingerprint density at radius 3 is 2.29 bits per heavy atom. The molecule has 0 aliphatic carbocycles. The summed E-state index contributed by atoms with van der Waals surface area (Å²) in [6.07, 6.45) is 0. The third kappa shape index (κ3) is 3.34. The minimum atomic E-state index is -0.204. The van der Waals surface area contributed by atoms with Gasteiger partial charge in [0.2, 0.25) is 0 Å². The van der Waals surface area contributed by atoms with Crippen LogP contribution in [0, 0.1) is 6.92 Å². The van der Waals surface area contributed by atoms with Crippen molar-refractivity contribution in [1.82, 2.24) is 0 Å². The molecule has 0 unspecified atom stereocenters. The van der Waals surface area contributed by atoms with Crippen LogP contribution in [0.15, 0.2) is 36.4 Å². The van der Waals surface area contributed by atoms with Crippen LogP contribution < -0.4 is 16.8 Å². The number of amides is 1. The number of carbonyl (C=O) groups is 1. The van der Waals surface area contributed by atoms with Gasteiger partial charge in [-0.25, -0.2) is 0 Å². The number of nitrogens with one attached hydrogen (secondary N) is 1. The van der Waals surface area contributed by atoms with Gasteiger partial charge in [-0.1, -0.05) is 32.0 Å². The largest absolute Gasteiger partial charge is 0.399 e. The number of hydrogen-bond donors (Lipinski definition) is 3. The van der Waals surface area contributed by atoms with E-state index in [1.165, 1.54) is 0 Å². The second kappa shape index (κ2) is 5.87. The van der Waals surface area contributed by atoms with Crippen LogP contribution in [0.2, 0.25) is 0 Å². The van der Waals surface area contributed by atoms with Crippen molar-refractivity contribution >= 4 is 23.0 Å². The average molecular weight is 283 g/mol. The highest BCUT2D eigenvalue weighted by molar-refractivity contribution is 6.06. The topological polar surface area (TPSA) is 81.1 Å². The van der Waals surface area contributed by atoms with Crippen LogP contribution in [0.25, 0.3) is 0 Å². The number of carbonyl (C=O) groups excluding carboxylic acids is 1. The molecular formula is C17H21N3O. The first-order valence-corrected chi connectivity index (χ1v) is 6.95. The highest BCUT2D eigenvalue weighted by Crippen LogP contribution is 2.28. The van der Waals surface area contributed by atoms with E-state index in [0.29, 0.717) is 22.9 Å². The molecule has 0 spiro atoms. The maximum Gasteiger partial charge on any atom is 0.255 e. The quantitative estimate of drug-likeness (QED) is 0.754. The molecule has 5 N–H and O–H groups in total. The number of aryl methyl sites for hydroxylation is 1. The van der Waals surface area contributed by atoms with Crippen LogP contribution in [0.3, 0.4) is 0 Å². The van der Waals surface area contributed by atoms with Gasteiger partial charge in [0.05, 0.1) is 0 Å². The lowest BCUT2D eigenvalue weighted by atomic mass is 9.98. The van der Waals surface area contributed by atoms with Crippen molar-refractivity contribution in [2.45, 2.75) is 26.7 Å². The minimum absolute atomic E-state index is 0.204. The number of hydrogen-bond acceptors (Lipinski definition) is 3. The highest BCUT2D eigenvalue weighted by atomic mass is 16.1. The zero-order chi connectivity index (χ0) is 15.6. The Hall–Kier alpha value is -2.49. The summed E-state index contributed by atoms with van der Waals surface area (Å²) < 4.78 is 0. The standard InChI is InChI=1S/C17H21N3O/c1-10(2)15-6-4-5-11(3)16(15)20-17(21)12-7-13(18)9-14(19)8-12/h4-10H,18-19H2,1-3H3,(H,20,21). The van der Waals surface area contributed by atoms with Crippen LogP contribution in [0.1, 0.15) is 41.3 Å². The van der Waals surface area contributed by atoms with Crippen LogP contribution in [0.5, 0.6) is 0 Å². The molecule has 4 heteroatoms. The Morgan fingerprint density at radius 2 is 1.71 bits per heavy atom. The number of para-hydroxylation sites is 1. The third-order valence-electron chi connectivity index (χ3n) is 3.41. The van der Waals surface area contributed by atoms with E-state index in [-0.39, 0.29) is 5.91 Å². The summed E-state index contributed by atoms with van der Waals surface area (Å²) in [5.41, 5.74) is 15.9. The SMILES string of the molecule is Cc1cccc(C(C)C)c1NC(=O)c1cc(N)cc(N)c1. The molecule has 2 rings (SSSR count). The number of benzene rings is 2. The van der Waals surface area contributed by atoms with Gasteiger partial charge in [0, 0.05) is 22.6 Å². The molecule has 0 radical (unpaired) electrons. The molecule has 0 bridgehead atoms. The van der Waals surface area contributed by atoms with E-state index in [0.717, 1.165) is 16.8 Å². The number of rotatable bonds is 3. The fraction of sp³-hybridized carbons (Fsp3) is 0.235. The van der Waals surface area contributed by atoms with Gasteiger partial charge in [-0.2, -0.15) is 0 Å². The molecule has 2 aromatic rings. The molecule has 0 aliphatic rings. The van der Waals surface area contributed by atoms with Crippen LogP contribution in [-0.2, 0) is 0 Å². The molecule has 0 atom stereocenters. The fourth-order valence-electron chi connectivity index (χ4n) is 2.34. The average Bonchev–Trinajstić information content (AvgIpc) is 2.39. The fourth-order valence-corrected chi connectivity index (χ4v) is 2.34. The Bertz CT molecular complexity index is 657. The first kappa shape index (κ1) is 14.9. The van der Waals surface area contributed by atoms with Gasteiger partial charge >= 0.3 is 0 Å². The van der Waals surface area contributed by atoms with Gasteiger partial charge in [0.15, 0.2) is 0 Å². The Balaban J connectivity index is 2.36. The molecule has 0 aliphatic heterocycles. The zero-order valence-corrected chi connectivity index (χ0v) is 12.6. The van der Waals surface area contributed by atoms with Crippen LogP contribution in [0.4, 0.5) is 17.1 Å². The van der Waals surface area contributed by atoms with Crippen molar-refractivity contribution in [2.24, 2.45) is 0 Å². The molecule has 0 fully saturated rings. The maximum atomic E-state index is 12.4. The predicted octanol–water partition coefficient (Wildman–Crippen LogP) is 3.54. The number of nitrogen functional groups attached to an aromatic ring is 2. The molecule has 0 heterocycles. The lowest BCUT2D eigenvalue weighted by Gasteiger charge is -2.16. The maximum absolute atomic E-state index is 12.4. The van der Waals surface area contributed by atoms with Gasteiger partial charge in [-0.05, 0) is 42.2 Å². The normalized spacial score (nSPS) is 10.7. The van der Waals surface area contributed by atoms with Gasteiger partial charge in [0.1, 0.15) is 0 Å². The Kier molecular flexibility index (Phi) is 4.17. The monoisotopic (exact) mass is 283 g/mol. The van der Waals surface area contributed by atoms with Crippen molar-refractivity contribution in [3.63, 3.8) is 0 Å². The number of anilines is 3. The summed E-state index contributed by atoms with van der Waals surface area (Å²) in [7, 11) is 0. The summed E-state index contributed by atoms with van der Waals surface area (Å²) >= 11 is 0. The van der Waals surface area contributed by atoms with E-state index in [1.54, 1.807) is 18.2 Å². The molecule has 2 aromatic carbocycles. The van der Waals surface area contributed by atoms with Crippen molar-refractivity contribution < 1.29 is 4.79 Å². The Labute approximate surface area is 125 Å². The second-order valence-corrected chi connectivity index (χ2v) is 5.54. The molecule has 4 nitrogen and oxygen atoms in total. The molecule has 0 saturated heterocycles. The van der Waals surface area contributed by atoms with E-state index in [4.69, 9.17) is 11.5 Å². The summed E-state index contributed by atoms with van der Waals surface area (Å²) in [6.45, 7) is 6.18. The van der Waals surface area contributed by atoms with Crippen molar-refractivity contribution in [3.05, 3.63) is 53.1 Å². The molecule has 21 heavy (non-hydrogen) atoms. The molecule has 0 aromatic heterocycles. The van der Waals surface area contributed by atoms with E-state index in [2.05, 4.69) is 19.2 Å². The highest BCUT2D eigenvalue weighted by Gasteiger charge is 2.14. The lowest BCUT2D eigenvalue weighted by Crippen LogP contribution is -2.15. The van der Waals surface area contributed by atoms with Crippen LogP contribution in [-0.4, -0.2) is 5.91 Å². The minimum Gasteiger partial charge on any atom is -0.399 e. The van der Waals surface area contributed by atoms with Crippen molar-refractivity contribution in [2.75, 3.05) is 16.8 Å². The summed E-state index contributed by atoms with van der Waals surface area (Å²) in [5, 5.41) is 2.98. The molecule has 1 amide bonds. The summed E-state index contributed by atoms with van der Waals surface area (Å²) in [6, 6.07) is 10.9. The smallest absolute Gasteiger partial charge is 0.255 e. The first-order chi connectivity index (χ1) is 9.88. The van der Waals surface area contributed by atoms with Gasteiger partial charge in [-0.15, -0.1) is 0 Å². The van der Waals surface area contributed by atoms with Gasteiger partial charge < -0.3 is 16.8 Å². The Morgan fingerprint density at radius 1 is 1.10 bits per heavy atom. The molecular weight excluding hydrogens is 262 g/mol. The first-order valence-electron chi connectivity index (χ1n) is 6.95. The lowest BCUT2D eigenvalue weighted by molar-refractivity contribution is 0.102. The summed E-state index contributed by atoms with van der Waals surface area (Å²) in [5.74, 6) is 0.122. The molecule has 110 valence electrons. The predicted molar refractivity (Wildman–Crippen MR) is 88.5 cm³/mol. The molecule has 0 saturated carbocycles. The van der Waals surface area contributed by atoms with Crippen molar-refractivity contribution in [1.29, 1.82) is 0 Å². The van der Waals surface area contributed by atoms with E-state index in [9.17, 15) is 4.79 Å². The summed E-state index contributed by atoms with van der Waals surface area (Å²) in [4.78, 5) is 12.4. The number of nitrogens with two attached hydrogens (primary N) is 2. The van der Waals surface area contributed by atoms with E-state index < -0.39 is 0 Å². The zero-order valence-electron chi connectivity index (χ0n) is 12.6. The van der Waals surface area contributed by atoms with Gasteiger partial charge in [0.25, 0.3) is 5.91 Å². The second-order valence-electron chi connectivity index (χ2n) is 5.54. The van der Waals surface area contributed by atoms with Crippen molar-refractivity contribution in [3.8, 4) is 0 Å². The van der Waals surface area contributed by atoms with Crippen LogP contribution >= 0.6 is 0 Å². The third-order valence-corrected chi connectivity index (χ3v) is 3.41.